The quantitative estimate of drug-likeness (QED) is 0.323. The van der Waals surface area contributed by atoms with Crippen molar-refractivity contribution >= 4 is 0 Å². The first-order valence-electron chi connectivity index (χ1n) is 7.83. The van der Waals surface area contributed by atoms with Gasteiger partial charge in [0.25, 0.3) is 0 Å². The summed E-state index contributed by atoms with van der Waals surface area (Å²) < 4.78 is 16.0. The van der Waals surface area contributed by atoms with Gasteiger partial charge in [0, 0.05) is 5.92 Å². The number of ether oxygens (including phenoxy) is 3. The van der Waals surface area contributed by atoms with Crippen LogP contribution in [0.5, 0.6) is 11.5 Å². The number of hydrogen-bond acceptors (Lipinski definition) is 9. The number of aliphatic hydroxyl groups excluding tert-OH is 6. The van der Waals surface area contributed by atoms with Crippen LogP contribution in [0.4, 0.5) is 0 Å². The third-order valence-electron chi connectivity index (χ3n) is 4.19. The van der Waals surface area contributed by atoms with Gasteiger partial charge in [0.15, 0.2) is 11.5 Å². The highest BCUT2D eigenvalue weighted by atomic mass is 16.7. The number of hydrogen-bond donors (Lipinski definition) is 6. The van der Waals surface area contributed by atoms with Crippen molar-refractivity contribution in [2.75, 3.05) is 26.9 Å². The van der Waals surface area contributed by atoms with Crippen molar-refractivity contribution in [3.8, 4) is 11.5 Å². The van der Waals surface area contributed by atoms with Crippen molar-refractivity contribution in [1.29, 1.82) is 0 Å². The molecule has 1 aliphatic heterocycles. The Balaban J connectivity index is 2.21. The molecule has 5 unspecified atom stereocenters. The third-order valence-corrected chi connectivity index (χ3v) is 4.19. The lowest BCUT2D eigenvalue weighted by Crippen LogP contribution is -2.60. The van der Waals surface area contributed by atoms with Gasteiger partial charge in [-0.25, -0.2) is 0 Å². The van der Waals surface area contributed by atoms with Crippen molar-refractivity contribution in [1.82, 2.24) is 0 Å². The summed E-state index contributed by atoms with van der Waals surface area (Å²) >= 11 is 0. The van der Waals surface area contributed by atoms with E-state index in [0.717, 1.165) is 0 Å². The predicted molar refractivity (Wildman–Crippen MR) is 84.3 cm³/mol. The fourth-order valence-electron chi connectivity index (χ4n) is 2.59. The molecule has 1 aromatic rings. The van der Waals surface area contributed by atoms with E-state index in [9.17, 15) is 30.6 Å². The van der Waals surface area contributed by atoms with Gasteiger partial charge in [-0.15, -0.1) is 0 Å². The highest BCUT2D eigenvalue weighted by molar-refractivity contribution is 5.44. The van der Waals surface area contributed by atoms with Crippen molar-refractivity contribution in [3.63, 3.8) is 0 Å². The Labute approximate surface area is 144 Å². The number of aliphatic hydroxyl groups is 6. The Bertz CT molecular complexity index is 546. The van der Waals surface area contributed by atoms with E-state index in [4.69, 9.17) is 14.2 Å². The largest absolute Gasteiger partial charge is 0.493 e. The summed E-state index contributed by atoms with van der Waals surface area (Å²) in [5.74, 6) is -0.0261. The molecule has 0 radical (unpaired) electrons. The lowest BCUT2D eigenvalue weighted by molar-refractivity contribution is -0.277. The van der Waals surface area contributed by atoms with Crippen LogP contribution in [-0.2, 0) is 4.74 Å². The second-order valence-electron chi connectivity index (χ2n) is 5.79. The van der Waals surface area contributed by atoms with Crippen LogP contribution >= 0.6 is 0 Å². The van der Waals surface area contributed by atoms with Crippen LogP contribution in [-0.4, -0.2) is 88.3 Å². The topological polar surface area (TPSA) is 149 Å². The molecule has 0 aromatic heterocycles. The number of rotatable bonds is 7. The Morgan fingerprint density at radius 3 is 2.24 bits per heavy atom. The molecule has 142 valence electrons. The summed E-state index contributed by atoms with van der Waals surface area (Å²) in [6.07, 6.45) is -6.97. The van der Waals surface area contributed by atoms with E-state index in [1.54, 1.807) is 12.1 Å². The molecule has 1 heterocycles. The van der Waals surface area contributed by atoms with E-state index in [2.05, 4.69) is 0 Å². The Morgan fingerprint density at radius 1 is 1.00 bits per heavy atom. The van der Waals surface area contributed by atoms with Gasteiger partial charge < -0.3 is 44.8 Å². The first-order valence-corrected chi connectivity index (χ1v) is 7.83. The van der Waals surface area contributed by atoms with Gasteiger partial charge in [-0.1, -0.05) is 6.07 Å². The summed E-state index contributed by atoms with van der Waals surface area (Å²) in [4.78, 5) is 0. The van der Waals surface area contributed by atoms with Crippen molar-refractivity contribution in [2.24, 2.45) is 0 Å². The molecular formula is C16H24O9. The number of methoxy groups -OCH3 is 1. The molecule has 2 rings (SSSR count). The van der Waals surface area contributed by atoms with Gasteiger partial charge in [-0.2, -0.15) is 0 Å². The van der Waals surface area contributed by atoms with Crippen molar-refractivity contribution in [3.05, 3.63) is 23.8 Å². The first kappa shape index (κ1) is 19.9. The second-order valence-corrected chi connectivity index (χ2v) is 5.79. The van der Waals surface area contributed by atoms with Gasteiger partial charge in [-0.05, 0) is 17.7 Å². The zero-order chi connectivity index (χ0) is 18.6. The van der Waals surface area contributed by atoms with Gasteiger partial charge in [0.05, 0.1) is 26.9 Å². The van der Waals surface area contributed by atoms with Crippen LogP contribution in [0.15, 0.2) is 18.2 Å². The van der Waals surface area contributed by atoms with Crippen LogP contribution in [0.2, 0.25) is 0 Å². The molecule has 1 aromatic carbocycles. The molecule has 1 fully saturated rings. The molecular weight excluding hydrogens is 336 g/mol. The minimum absolute atomic E-state index is 0.185. The van der Waals surface area contributed by atoms with Crippen LogP contribution in [0.1, 0.15) is 11.5 Å². The summed E-state index contributed by atoms with van der Waals surface area (Å²) in [6.45, 7) is -1.05. The van der Waals surface area contributed by atoms with E-state index >= 15 is 0 Å². The maximum Gasteiger partial charge on any atom is 0.229 e. The van der Waals surface area contributed by atoms with E-state index in [0.29, 0.717) is 5.56 Å². The Kier molecular flexibility index (Phi) is 6.96. The van der Waals surface area contributed by atoms with Crippen molar-refractivity contribution in [2.45, 2.75) is 36.6 Å². The molecule has 1 saturated heterocycles. The summed E-state index contributed by atoms with van der Waals surface area (Å²) in [5.41, 5.74) is 0.628. The minimum atomic E-state index is -1.55. The summed E-state index contributed by atoms with van der Waals surface area (Å²) in [6, 6.07) is 4.68. The normalized spacial score (nSPS) is 29.7. The van der Waals surface area contributed by atoms with Crippen LogP contribution in [0.25, 0.3) is 0 Å². The van der Waals surface area contributed by atoms with Gasteiger partial charge in [0.1, 0.15) is 24.4 Å². The molecule has 0 amide bonds. The Hall–Kier alpha value is -1.46. The lowest BCUT2D eigenvalue weighted by Gasteiger charge is -2.39. The smallest absolute Gasteiger partial charge is 0.229 e. The molecule has 25 heavy (non-hydrogen) atoms. The molecule has 1 aliphatic rings. The van der Waals surface area contributed by atoms with E-state index in [1.807, 2.05) is 0 Å². The molecule has 0 spiro atoms. The molecule has 0 saturated carbocycles. The monoisotopic (exact) mass is 360 g/mol. The highest BCUT2D eigenvalue weighted by Crippen LogP contribution is 2.33. The predicted octanol–water partition coefficient (Wildman–Crippen LogP) is -2.06. The van der Waals surface area contributed by atoms with E-state index in [-0.39, 0.29) is 24.7 Å². The van der Waals surface area contributed by atoms with Crippen LogP contribution < -0.4 is 9.47 Å². The summed E-state index contributed by atoms with van der Waals surface area (Å²) in [5, 5.41) is 57.3. The molecule has 9 heteroatoms. The van der Waals surface area contributed by atoms with E-state index < -0.39 is 43.2 Å². The molecule has 0 bridgehead atoms. The van der Waals surface area contributed by atoms with Crippen LogP contribution in [0, 0.1) is 0 Å². The maximum absolute atomic E-state index is 10.0. The lowest BCUT2D eigenvalue weighted by atomic mass is 9.99. The molecule has 0 aliphatic carbocycles. The van der Waals surface area contributed by atoms with Gasteiger partial charge in [-0.3, -0.25) is 0 Å². The molecule has 5 atom stereocenters. The molecule has 9 nitrogen and oxygen atoms in total. The van der Waals surface area contributed by atoms with E-state index in [1.165, 1.54) is 13.2 Å². The minimum Gasteiger partial charge on any atom is -0.493 e. The average molecular weight is 360 g/mol. The fraction of sp³-hybridized carbons (Fsp3) is 0.625. The Morgan fingerprint density at radius 2 is 1.68 bits per heavy atom. The first-order chi connectivity index (χ1) is 12.0. The average Bonchev–Trinajstić information content (AvgIpc) is 2.63. The third kappa shape index (κ3) is 4.21. The summed E-state index contributed by atoms with van der Waals surface area (Å²) in [7, 11) is 1.39. The SMILES string of the molecule is COc1cc(C(CO)CO)ccc1OC1OC(CO)C(O)C(O)C1O. The second kappa shape index (κ2) is 8.77. The zero-order valence-corrected chi connectivity index (χ0v) is 13.7. The zero-order valence-electron chi connectivity index (χ0n) is 13.7. The highest BCUT2D eigenvalue weighted by Gasteiger charge is 2.44. The standard InChI is InChI=1S/C16H24O9/c1-23-11-4-8(9(5-17)6-18)2-3-10(11)24-16-15(22)14(21)13(20)12(7-19)25-16/h2-4,9,12-22H,5-7H2,1H3. The van der Waals surface area contributed by atoms with Gasteiger partial charge in [0.2, 0.25) is 6.29 Å². The maximum atomic E-state index is 10.0. The van der Waals surface area contributed by atoms with Gasteiger partial charge >= 0.3 is 0 Å². The molecule has 6 N–H and O–H groups in total. The van der Waals surface area contributed by atoms with Crippen LogP contribution in [0.3, 0.4) is 0 Å². The van der Waals surface area contributed by atoms with Crippen molar-refractivity contribution < 1.29 is 44.8 Å². The fourth-order valence-corrected chi connectivity index (χ4v) is 2.59. The number of benzene rings is 1.